The largest absolute Gasteiger partial charge is 0.438 e. The number of aliphatic hydroxyl groups excluding tert-OH is 1. The molecule has 0 aromatic rings. The molecule has 0 aliphatic heterocycles. The molecule has 2 rings (SSSR count). The molecule has 0 aromatic heterocycles. The van der Waals surface area contributed by atoms with Crippen LogP contribution in [0.3, 0.4) is 0 Å². The van der Waals surface area contributed by atoms with Crippen LogP contribution in [0.15, 0.2) is 12.2 Å². The number of halogens is 6. The van der Waals surface area contributed by atoms with Crippen molar-refractivity contribution in [2.24, 2.45) is 17.3 Å². The predicted octanol–water partition coefficient (Wildman–Crippen LogP) is 6.42. The van der Waals surface area contributed by atoms with Crippen molar-refractivity contribution in [1.29, 1.82) is 0 Å². The molecular formula is C22H34F6O2. The van der Waals surface area contributed by atoms with Crippen molar-refractivity contribution in [3.8, 4) is 11.8 Å². The van der Waals surface area contributed by atoms with Crippen LogP contribution in [0.25, 0.3) is 0 Å². The van der Waals surface area contributed by atoms with Crippen molar-refractivity contribution in [3.63, 3.8) is 0 Å². The minimum Gasteiger partial charge on any atom is -0.393 e. The van der Waals surface area contributed by atoms with Gasteiger partial charge in [0.1, 0.15) is 0 Å². The number of alkyl halides is 6. The molecule has 0 amide bonds. The molecule has 30 heavy (non-hydrogen) atoms. The van der Waals surface area contributed by atoms with Crippen molar-refractivity contribution < 1.29 is 36.6 Å². The standard InChI is InChI=1S/C18H22F6O2.2C2H6/c1-15-10-5-7-14(25)13(15)9-8-12(15)6-3-2-4-11-16(26,17(19,20)21)18(22,23)24;2*1-2/h2-3,12-14,25-26H,5-10H2,1H3;2*1-2H3/b3-2+;;/t12-,13-,14-,15+;;/m0../s1. The summed E-state index contributed by atoms with van der Waals surface area (Å²) >= 11 is 0. The van der Waals surface area contributed by atoms with Gasteiger partial charge in [0.05, 0.1) is 6.10 Å². The maximum absolute atomic E-state index is 12.5. The van der Waals surface area contributed by atoms with E-state index in [0.29, 0.717) is 6.42 Å². The molecule has 0 spiro atoms. The van der Waals surface area contributed by atoms with Crippen LogP contribution in [0.5, 0.6) is 0 Å². The highest BCUT2D eigenvalue weighted by atomic mass is 19.4. The van der Waals surface area contributed by atoms with Crippen molar-refractivity contribution in [2.45, 2.75) is 97.2 Å². The Labute approximate surface area is 175 Å². The summed E-state index contributed by atoms with van der Waals surface area (Å²) in [7, 11) is 0. The Balaban J connectivity index is 0.00000198. The van der Waals surface area contributed by atoms with E-state index >= 15 is 0 Å². The zero-order valence-corrected chi connectivity index (χ0v) is 18.3. The van der Waals surface area contributed by atoms with Crippen LogP contribution in [0.1, 0.15) is 73.1 Å². The minimum absolute atomic E-state index is 0.0753. The van der Waals surface area contributed by atoms with Crippen LogP contribution < -0.4 is 0 Å². The maximum atomic E-state index is 12.5. The fourth-order valence-corrected chi connectivity index (χ4v) is 4.38. The normalized spacial score (nSPS) is 29.0. The van der Waals surface area contributed by atoms with E-state index in [0.717, 1.165) is 44.1 Å². The molecule has 2 aliphatic carbocycles. The molecule has 4 atom stereocenters. The Bertz CT molecular complexity index is 585. The summed E-state index contributed by atoms with van der Waals surface area (Å²) in [6.07, 6.45) is -5.05. The number of aliphatic hydroxyl groups is 2. The molecule has 2 aliphatic rings. The third-order valence-corrected chi connectivity index (χ3v) is 5.98. The van der Waals surface area contributed by atoms with Gasteiger partial charge in [-0.3, -0.25) is 0 Å². The third kappa shape index (κ3) is 6.16. The van der Waals surface area contributed by atoms with Gasteiger partial charge in [-0.15, -0.1) is 0 Å². The molecule has 2 fully saturated rings. The molecule has 2 N–H and O–H groups in total. The van der Waals surface area contributed by atoms with Gasteiger partial charge in [0.25, 0.3) is 0 Å². The molecule has 176 valence electrons. The van der Waals surface area contributed by atoms with Gasteiger partial charge in [-0.25, -0.2) is 0 Å². The van der Waals surface area contributed by atoms with E-state index in [2.05, 4.69) is 6.92 Å². The van der Waals surface area contributed by atoms with Crippen LogP contribution in [-0.4, -0.2) is 34.3 Å². The van der Waals surface area contributed by atoms with E-state index in [4.69, 9.17) is 5.11 Å². The Kier molecular flexibility index (Phi) is 11.0. The zero-order valence-electron chi connectivity index (χ0n) is 18.3. The van der Waals surface area contributed by atoms with Gasteiger partial charge in [0, 0.05) is 0 Å². The number of hydrogen-bond acceptors (Lipinski definition) is 2. The van der Waals surface area contributed by atoms with Crippen molar-refractivity contribution in [3.05, 3.63) is 12.2 Å². The topological polar surface area (TPSA) is 40.5 Å². The molecule has 0 radical (unpaired) electrons. The quantitative estimate of drug-likeness (QED) is 0.381. The zero-order chi connectivity index (χ0) is 23.8. The fraction of sp³-hybridized carbons (Fsp3) is 0.818. The van der Waals surface area contributed by atoms with E-state index in [1.807, 2.05) is 27.7 Å². The van der Waals surface area contributed by atoms with E-state index in [-0.39, 0.29) is 23.4 Å². The lowest BCUT2D eigenvalue weighted by Gasteiger charge is -2.43. The van der Waals surface area contributed by atoms with E-state index < -0.39 is 18.0 Å². The van der Waals surface area contributed by atoms with Crippen molar-refractivity contribution >= 4 is 0 Å². The first kappa shape index (κ1) is 28.8. The molecule has 8 heteroatoms. The van der Waals surface area contributed by atoms with Crippen molar-refractivity contribution in [1.82, 2.24) is 0 Å². The molecule has 0 heterocycles. The Morgan fingerprint density at radius 3 is 2.00 bits per heavy atom. The van der Waals surface area contributed by atoms with Gasteiger partial charge in [-0.2, -0.15) is 26.3 Å². The lowest BCUT2D eigenvalue weighted by molar-refractivity contribution is -0.343. The number of fused-ring (bicyclic) bond motifs is 1. The molecule has 0 bridgehead atoms. The molecule has 0 aromatic carbocycles. The molecular weight excluding hydrogens is 410 g/mol. The number of hydrogen-bond donors (Lipinski definition) is 2. The minimum atomic E-state index is -5.93. The van der Waals surface area contributed by atoms with Crippen LogP contribution in [0.2, 0.25) is 0 Å². The summed E-state index contributed by atoms with van der Waals surface area (Å²) in [5.41, 5.74) is -5.11. The fourth-order valence-electron chi connectivity index (χ4n) is 4.38. The first-order valence-electron chi connectivity index (χ1n) is 10.5. The number of allylic oxidation sites excluding steroid dienone is 2. The highest BCUT2D eigenvalue weighted by Gasteiger charge is 2.70. The molecule has 0 saturated heterocycles. The Morgan fingerprint density at radius 1 is 0.967 bits per heavy atom. The summed E-state index contributed by atoms with van der Waals surface area (Å²) < 4.78 is 75.0. The first-order chi connectivity index (χ1) is 13.8. The van der Waals surface area contributed by atoms with E-state index in [1.165, 1.54) is 6.08 Å². The Morgan fingerprint density at radius 2 is 1.50 bits per heavy atom. The lowest BCUT2D eigenvalue weighted by atomic mass is 9.64. The summed E-state index contributed by atoms with van der Waals surface area (Å²) in [5, 5.41) is 19.1. The SMILES string of the molecule is CC.CC.C[C@]12CCC[C@H](O)[C@@H]1CC[C@@H]2C/C=C/C#CC(O)(C(F)(F)F)C(F)(F)F. The second-order valence-corrected chi connectivity index (χ2v) is 7.46. The highest BCUT2D eigenvalue weighted by molar-refractivity contribution is 5.26. The lowest BCUT2D eigenvalue weighted by Crippen LogP contribution is -2.55. The summed E-state index contributed by atoms with van der Waals surface area (Å²) in [5.74, 6) is 2.97. The summed E-state index contributed by atoms with van der Waals surface area (Å²) in [6.45, 7) is 10.1. The van der Waals surface area contributed by atoms with Crippen LogP contribution in [0.4, 0.5) is 26.3 Å². The molecule has 2 nitrogen and oxygen atoms in total. The number of rotatable bonds is 2. The Hall–Kier alpha value is -1.20. The third-order valence-electron chi connectivity index (χ3n) is 5.98. The van der Waals surface area contributed by atoms with Gasteiger partial charge in [-0.05, 0) is 61.4 Å². The maximum Gasteiger partial charge on any atom is 0.438 e. The van der Waals surface area contributed by atoms with Gasteiger partial charge in [0.2, 0.25) is 0 Å². The molecule has 0 unspecified atom stereocenters. The van der Waals surface area contributed by atoms with Gasteiger partial charge < -0.3 is 10.2 Å². The van der Waals surface area contributed by atoms with Crippen LogP contribution in [0, 0.1) is 29.1 Å². The van der Waals surface area contributed by atoms with Crippen LogP contribution >= 0.6 is 0 Å². The van der Waals surface area contributed by atoms with E-state index in [1.54, 1.807) is 5.92 Å². The first-order valence-corrected chi connectivity index (χ1v) is 10.5. The van der Waals surface area contributed by atoms with Gasteiger partial charge in [-0.1, -0.05) is 53.0 Å². The molecule has 2 saturated carbocycles. The average molecular weight is 445 g/mol. The van der Waals surface area contributed by atoms with Gasteiger partial charge >= 0.3 is 18.0 Å². The summed E-state index contributed by atoms with van der Waals surface area (Å²) in [4.78, 5) is 0. The predicted molar refractivity (Wildman–Crippen MR) is 105 cm³/mol. The monoisotopic (exact) mass is 444 g/mol. The second-order valence-electron chi connectivity index (χ2n) is 7.46. The second kappa shape index (κ2) is 11.4. The van der Waals surface area contributed by atoms with Crippen molar-refractivity contribution in [2.75, 3.05) is 0 Å². The highest BCUT2D eigenvalue weighted by Crippen LogP contribution is 2.56. The van der Waals surface area contributed by atoms with Gasteiger partial charge in [0.15, 0.2) is 0 Å². The smallest absolute Gasteiger partial charge is 0.393 e. The average Bonchev–Trinajstić information content (AvgIpc) is 3.00. The van der Waals surface area contributed by atoms with Crippen LogP contribution in [-0.2, 0) is 0 Å². The van der Waals surface area contributed by atoms with E-state index in [9.17, 15) is 31.4 Å². The summed E-state index contributed by atoms with van der Waals surface area (Å²) in [6, 6.07) is 0.